The molecule has 0 fully saturated rings. The van der Waals surface area contributed by atoms with Gasteiger partial charge in [0.2, 0.25) is 5.88 Å². The summed E-state index contributed by atoms with van der Waals surface area (Å²) in [6.07, 6.45) is 4.71. The highest BCUT2D eigenvalue weighted by Crippen LogP contribution is 2.26. The number of carbonyl (C=O) groups is 2. The predicted molar refractivity (Wildman–Crippen MR) is 128 cm³/mol. The Morgan fingerprint density at radius 3 is 2.63 bits per heavy atom. The number of aryl methyl sites for hydroxylation is 1. The number of ether oxygens (including phenoxy) is 1. The van der Waals surface area contributed by atoms with Crippen molar-refractivity contribution in [3.8, 4) is 29.0 Å². The van der Waals surface area contributed by atoms with Crippen molar-refractivity contribution in [2.45, 2.75) is 6.92 Å². The minimum absolute atomic E-state index is 0.244. The van der Waals surface area contributed by atoms with E-state index >= 15 is 0 Å². The minimum atomic E-state index is -0.916. The molecule has 10 heteroatoms. The summed E-state index contributed by atoms with van der Waals surface area (Å²) in [5.74, 6) is -0.848. The number of nitrogens with one attached hydrogen (secondary N) is 3. The van der Waals surface area contributed by atoms with Crippen LogP contribution in [-0.4, -0.2) is 26.8 Å². The molecule has 0 aliphatic carbocycles. The molecule has 0 spiro atoms. The first kappa shape index (κ1) is 22.9. The number of hydrazine groups is 1. The quantitative estimate of drug-likeness (QED) is 0.290. The number of nitrogens with zero attached hydrogens (tertiary/aromatic N) is 4. The number of amides is 2. The second-order valence-corrected chi connectivity index (χ2v) is 7.23. The molecule has 0 atom stereocenters. The molecule has 172 valence electrons. The lowest BCUT2D eigenvalue weighted by Gasteiger charge is -2.12. The number of carbonyl (C=O) groups excluding carboxylic acids is 2. The molecule has 2 amide bonds. The van der Waals surface area contributed by atoms with Gasteiger partial charge in [0.1, 0.15) is 17.6 Å². The lowest BCUT2D eigenvalue weighted by atomic mass is 10.2. The zero-order valence-electron chi connectivity index (χ0n) is 18.5. The zero-order valence-corrected chi connectivity index (χ0v) is 18.5. The minimum Gasteiger partial charge on any atom is -0.438 e. The van der Waals surface area contributed by atoms with E-state index in [1.165, 1.54) is 6.20 Å². The van der Waals surface area contributed by atoms with Crippen molar-refractivity contribution in [2.24, 2.45) is 0 Å². The summed E-state index contributed by atoms with van der Waals surface area (Å²) in [6, 6.07) is 19.3. The maximum Gasteiger partial charge on any atom is 0.328 e. The molecule has 0 bridgehead atoms. The molecule has 3 aromatic heterocycles. The fourth-order valence-corrected chi connectivity index (χ4v) is 3.01. The lowest BCUT2D eigenvalue weighted by Crippen LogP contribution is -2.39. The average molecular weight is 465 g/mol. The Hall–Kier alpha value is -5.30. The van der Waals surface area contributed by atoms with Gasteiger partial charge >= 0.3 is 11.8 Å². The number of anilines is 2. The van der Waals surface area contributed by atoms with Gasteiger partial charge in [-0.2, -0.15) is 5.26 Å². The highest BCUT2D eigenvalue weighted by molar-refractivity contribution is 6.39. The van der Waals surface area contributed by atoms with Crippen LogP contribution in [0.3, 0.4) is 0 Å². The first-order chi connectivity index (χ1) is 17.0. The van der Waals surface area contributed by atoms with Gasteiger partial charge in [-0.1, -0.05) is 18.2 Å². The summed E-state index contributed by atoms with van der Waals surface area (Å²) in [5, 5.41) is 11.7. The fourth-order valence-electron chi connectivity index (χ4n) is 3.01. The fraction of sp³-hybridized carbons (Fsp3) is 0.0400. The third-order valence-corrected chi connectivity index (χ3v) is 4.77. The van der Waals surface area contributed by atoms with Crippen molar-refractivity contribution in [2.75, 3.05) is 10.7 Å². The number of para-hydroxylation sites is 1. The van der Waals surface area contributed by atoms with Crippen molar-refractivity contribution in [1.29, 1.82) is 5.26 Å². The van der Waals surface area contributed by atoms with Crippen LogP contribution < -0.4 is 20.9 Å². The molecule has 0 radical (unpaired) electrons. The van der Waals surface area contributed by atoms with Crippen LogP contribution in [0.2, 0.25) is 0 Å². The summed E-state index contributed by atoms with van der Waals surface area (Å²) in [5.41, 5.74) is 7.74. The molecule has 0 saturated carbocycles. The van der Waals surface area contributed by atoms with Crippen LogP contribution in [0.25, 0.3) is 11.3 Å². The van der Waals surface area contributed by atoms with Gasteiger partial charge in [-0.3, -0.25) is 25.4 Å². The molecular formula is C25H19N7O3. The third kappa shape index (κ3) is 5.74. The monoisotopic (exact) mass is 465 g/mol. The molecule has 4 rings (SSSR count). The van der Waals surface area contributed by atoms with Gasteiger partial charge in [0.05, 0.1) is 23.1 Å². The van der Waals surface area contributed by atoms with Gasteiger partial charge in [-0.05, 0) is 48.9 Å². The largest absolute Gasteiger partial charge is 0.438 e. The van der Waals surface area contributed by atoms with Crippen LogP contribution in [0, 0.1) is 18.3 Å². The standard InChI is InChI=1S/C25H19N7O3/c1-16-12-23(35-21-9-3-2-6-17(21)13-26)28-15-20(16)30-24(33)25(34)32-31-22-10-4-8-19(29-22)18-7-5-11-27-14-18/h2-12,14-15H,1H3,(H,29,31)(H,30,33)(H,32,34). The van der Waals surface area contributed by atoms with E-state index in [1.54, 1.807) is 73.9 Å². The van der Waals surface area contributed by atoms with Gasteiger partial charge in [0.15, 0.2) is 0 Å². The summed E-state index contributed by atoms with van der Waals surface area (Å²) in [6.45, 7) is 1.73. The highest BCUT2D eigenvalue weighted by atomic mass is 16.5. The molecule has 0 aliphatic rings. The van der Waals surface area contributed by atoms with Crippen LogP contribution >= 0.6 is 0 Å². The van der Waals surface area contributed by atoms with Crippen molar-refractivity contribution in [3.63, 3.8) is 0 Å². The first-order valence-corrected chi connectivity index (χ1v) is 10.4. The number of hydrogen-bond donors (Lipinski definition) is 3. The van der Waals surface area contributed by atoms with Gasteiger partial charge < -0.3 is 10.1 Å². The summed E-state index contributed by atoms with van der Waals surface area (Å²) < 4.78 is 5.67. The molecular weight excluding hydrogens is 446 g/mol. The Morgan fingerprint density at radius 1 is 1.00 bits per heavy atom. The Morgan fingerprint density at radius 2 is 1.86 bits per heavy atom. The number of aromatic nitrogens is 3. The Bertz CT molecular complexity index is 1420. The van der Waals surface area contributed by atoms with Crippen molar-refractivity contribution >= 4 is 23.3 Å². The van der Waals surface area contributed by atoms with Gasteiger partial charge in [0.25, 0.3) is 0 Å². The number of nitriles is 1. The Kier molecular flexibility index (Phi) is 6.89. The van der Waals surface area contributed by atoms with E-state index in [-0.39, 0.29) is 5.88 Å². The normalized spacial score (nSPS) is 10.1. The second-order valence-electron chi connectivity index (χ2n) is 7.23. The third-order valence-electron chi connectivity index (χ3n) is 4.77. The van der Waals surface area contributed by atoms with Gasteiger partial charge in [-0.15, -0.1) is 0 Å². The SMILES string of the molecule is Cc1cc(Oc2ccccc2C#N)ncc1NC(=O)C(=O)NNc1cccc(-c2cccnc2)n1. The summed E-state index contributed by atoms with van der Waals surface area (Å²) in [4.78, 5) is 37.2. The van der Waals surface area contributed by atoms with E-state index in [0.717, 1.165) is 5.56 Å². The Balaban J connectivity index is 1.36. The highest BCUT2D eigenvalue weighted by Gasteiger charge is 2.16. The van der Waals surface area contributed by atoms with Crippen LogP contribution in [0.1, 0.15) is 11.1 Å². The summed E-state index contributed by atoms with van der Waals surface area (Å²) >= 11 is 0. The van der Waals surface area contributed by atoms with E-state index in [1.807, 2.05) is 12.1 Å². The van der Waals surface area contributed by atoms with E-state index in [9.17, 15) is 14.9 Å². The van der Waals surface area contributed by atoms with E-state index < -0.39 is 11.8 Å². The van der Waals surface area contributed by atoms with Crippen molar-refractivity contribution < 1.29 is 14.3 Å². The molecule has 35 heavy (non-hydrogen) atoms. The maximum atomic E-state index is 12.3. The molecule has 1 aromatic carbocycles. The smallest absolute Gasteiger partial charge is 0.328 e. The van der Waals surface area contributed by atoms with Crippen LogP contribution in [0.4, 0.5) is 11.5 Å². The molecule has 0 aliphatic heterocycles. The van der Waals surface area contributed by atoms with Crippen molar-refractivity contribution in [3.05, 3.63) is 90.4 Å². The van der Waals surface area contributed by atoms with Crippen LogP contribution in [0.15, 0.2) is 79.3 Å². The van der Waals surface area contributed by atoms with E-state index in [0.29, 0.717) is 34.1 Å². The molecule has 4 aromatic rings. The first-order valence-electron chi connectivity index (χ1n) is 10.4. The number of pyridine rings is 3. The van der Waals surface area contributed by atoms with Gasteiger partial charge in [-0.25, -0.2) is 9.97 Å². The number of rotatable bonds is 6. The van der Waals surface area contributed by atoms with Crippen molar-refractivity contribution in [1.82, 2.24) is 20.4 Å². The molecule has 3 N–H and O–H groups in total. The van der Waals surface area contributed by atoms with Crippen LogP contribution in [0.5, 0.6) is 11.6 Å². The number of benzene rings is 1. The number of hydrogen-bond acceptors (Lipinski definition) is 8. The van der Waals surface area contributed by atoms with Crippen LogP contribution in [-0.2, 0) is 9.59 Å². The maximum absolute atomic E-state index is 12.3. The molecule has 3 heterocycles. The average Bonchev–Trinajstić information content (AvgIpc) is 2.89. The molecule has 10 nitrogen and oxygen atoms in total. The molecule has 0 unspecified atom stereocenters. The van der Waals surface area contributed by atoms with E-state index in [4.69, 9.17) is 4.74 Å². The second kappa shape index (κ2) is 10.5. The zero-order chi connectivity index (χ0) is 24.6. The Labute approximate surface area is 200 Å². The topological polar surface area (TPSA) is 142 Å². The van der Waals surface area contributed by atoms with E-state index in [2.05, 4.69) is 31.1 Å². The molecule has 0 saturated heterocycles. The predicted octanol–water partition coefficient (Wildman–Crippen LogP) is 3.59. The lowest BCUT2D eigenvalue weighted by molar-refractivity contribution is -0.135. The summed E-state index contributed by atoms with van der Waals surface area (Å²) in [7, 11) is 0. The van der Waals surface area contributed by atoms with Gasteiger partial charge in [0, 0.05) is 24.0 Å².